The van der Waals surface area contributed by atoms with Gasteiger partial charge < -0.3 is 20.1 Å². The summed E-state index contributed by atoms with van der Waals surface area (Å²) in [5.74, 6) is -1.14. The Kier molecular flexibility index (Phi) is 4.83. The zero-order chi connectivity index (χ0) is 19.7. The highest BCUT2D eigenvalue weighted by atomic mass is 19.1. The molecule has 1 spiro atoms. The Morgan fingerprint density at radius 2 is 1.79 bits per heavy atom. The third-order valence-electron chi connectivity index (χ3n) is 5.12. The Labute approximate surface area is 162 Å². The van der Waals surface area contributed by atoms with Crippen LogP contribution in [0, 0.1) is 11.6 Å². The van der Waals surface area contributed by atoms with Crippen molar-refractivity contribution in [3.05, 3.63) is 48.0 Å². The molecule has 2 aliphatic rings. The molecular formula is C21H22F2N2O3. The Bertz CT molecular complexity index is 897. The lowest BCUT2D eigenvalue weighted by Crippen LogP contribution is -2.40. The van der Waals surface area contributed by atoms with Crippen LogP contribution in [0.4, 0.5) is 20.2 Å². The van der Waals surface area contributed by atoms with E-state index in [4.69, 9.17) is 9.47 Å². The van der Waals surface area contributed by atoms with Gasteiger partial charge in [-0.2, -0.15) is 0 Å². The molecule has 2 aromatic carbocycles. The van der Waals surface area contributed by atoms with Crippen LogP contribution in [0.1, 0.15) is 39.0 Å². The van der Waals surface area contributed by atoms with E-state index < -0.39 is 29.4 Å². The SMILES string of the molecule is C[C@@H](Nc1ccc2c(c1)OC1(CCCCC1)O2)C(=O)Nc1ccc(F)cc1F. The first-order valence-corrected chi connectivity index (χ1v) is 9.49. The monoisotopic (exact) mass is 388 g/mol. The Hall–Kier alpha value is -2.83. The summed E-state index contributed by atoms with van der Waals surface area (Å²) in [5.41, 5.74) is 0.627. The number of rotatable bonds is 4. The third-order valence-corrected chi connectivity index (χ3v) is 5.12. The molecule has 0 radical (unpaired) electrons. The average molecular weight is 388 g/mol. The maximum absolute atomic E-state index is 13.7. The fourth-order valence-corrected chi connectivity index (χ4v) is 3.63. The lowest BCUT2D eigenvalue weighted by atomic mass is 9.94. The third kappa shape index (κ3) is 3.74. The minimum absolute atomic E-state index is 0.0648. The van der Waals surface area contributed by atoms with E-state index >= 15 is 0 Å². The van der Waals surface area contributed by atoms with Gasteiger partial charge >= 0.3 is 0 Å². The molecule has 1 saturated carbocycles. The summed E-state index contributed by atoms with van der Waals surface area (Å²) in [7, 11) is 0. The number of hydrogen-bond donors (Lipinski definition) is 2. The van der Waals surface area contributed by atoms with Gasteiger partial charge in [-0.15, -0.1) is 0 Å². The Morgan fingerprint density at radius 3 is 2.54 bits per heavy atom. The highest BCUT2D eigenvalue weighted by Gasteiger charge is 2.42. The lowest BCUT2D eigenvalue weighted by Gasteiger charge is -2.31. The summed E-state index contributed by atoms with van der Waals surface area (Å²) in [6.07, 6.45) is 5.09. The molecular weight excluding hydrogens is 366 g/mol. The van der Waals surface area contributed by atoms with Crippen molar-refractivity contribution in [2.45, 2.75) is 50.9 Å². The molecule has 148 valence electrons. The molecule has 5 nitrogen and oxygen atoms in total. The van der Waals surface area contributed by atoms with Gasteiger partial charge in [0.2, 0.25) is 5.91 Å². The maximum atomic E-state index is 13.7. The van der Waals surface area contributed by atoms with Crippen LogP contribution in [-0.4, -0.2) is 17.7 Å². The largest absolute Gasteiger partial charge is 0.448 e. The molecule has 1 atom stereocenters. The van der Waals surface area contributed by atoms with Crippen molar-refractivity contribution in [1.29, 1.82) is 0 Å². The molecule has 0 bridgehead atoms. The highest BCUT2D eigenvalue weighted by molar-refractivity contribution is 5.96. The van der Waals surface area contributed by atoms with E-state index in [2.05, 4.69) is 10.6 Å². The van der Waals surface area contributed by atoms with Crippen LogP contribution < -0.4 is 20.1 Å². The topological polar surface area (TPSA) is 59.6 Å². The standard InChI is InChI=1S/C21H22F2N2O3/c1-13(20(26)25-17-7-5-14(22)11-16(17)23)24-15-6-8-18-19(12-15)28-21(27-18)9-3-2-4-10-21/h5-8,11-13,24H,2-4,9-10H2,1H3,(H,25,26)/t13-/m1/s1. The first-order chi connectivity index (χ1) is 13.4. The minimum atomic E-state index is -0.818. The fraction of sp³-hybridized carbons (Fsp3) is 0.381. The molecule has 1 aliphatic carbocycles. The number of anilines is 2. The van der Waals surface area contributed by atoms with Gasteiger partial charge in [0, 0.05) is 30.7 Å². The van der Waals surface area contributed by atoms with Gasteiger partial charge in [0.1, 0.15) is 17.7 Å². The number of carbonyl (C=O) groups is 1. The second-order valence-electron chi connectivity index (χ2n) is 7.32. The van der Waals surface area contributed by atoms with Crippen molar-refractivity contribution >= 4 is 17.3 Å². The van der Waals surface area contributed by atoms with Gasteiger partial charge in [-0.1, -0.05) is 6.42 Å². The van der Waals surface area contributed by atoms with E-state index in [1.165, 1.54) is 12.5 Å². The van der Waals surface area contributed by atoms with Crippen LogP contribution in [0.3, 0.4) is 0 Å². The fourth-order valence-electron chi connectivity index (χ4n) is 3.63. The molecule has 1 amide bonds. The van der Waals surface area contributed by atoms with E-state index in [9.17, 15) is 13.6 Å². The van der Waals surface area contributed by atoms with Crippen molar-refractivity contribution in [3.8, 4) is 11.5 Å². The quantitative estimate of drug-likeness (QED) is 0.787. The summed E-state index contributed by atoms with van der Waals surface area (Å²) in [4.78, 5) is 12.3. The van der Waals surface area contributed by atoms with Crippen LogP contribution in [0.5, 0.6) is 11.5 Å². The van der Waals surface area contributed by atoms with E-state index in [1.54, 1.807) is 13.0 Å². The lowest BCUT2D eigenvalue weighted by molar-refractivity contribution is -0.116. The van der Waals surface area contributed by atoms with E-state index in [1.807, 2.05) is 12.1 Å². The van der Waals surface area contributed by atoms with Crippen LogP contribution in [0.15, 0.2) is 36.4 Å². The molecule has 1 aliphatic heterocycles. The smallest absolute Gasteiger partial charge is 0.251 e. The summed E-state index contributed by atoms with van der Waals surface area (Å²) in [6.45, 7) is 1.66. The number of amides is 1. The molecule has 0 aromatic heterocycles. The normalized spacial score (nSPS) is 18.0. The predicted octanol–water partition coefficient (Wildman–Crippen LogP) is 4.84. The first-order valence-electron chi connectivity index (χ1n) is 9.49. The number of benzene rings is 2. The maximum Gasteiger partial charge on any atom is 0.251 e. The number of fused-ring (bicyclic) bond motifs is 1. The molecule has 0 saturated heterocycles. The van der Waals surface area contributed by atoms with Crippen molar-refractivity contribution in [2.75, 3.05) is 10.6 Å². The number of halogens is 2. The van der Waals surface area contributed by atoms with Gasteiger partial charge in [0.25, 0.3) is 5.79 Å². The number of hydrogen-bond acceptors (Lipinski definition) is 4. The minimum Gasteiger partial charge on any atom is -0.448 e. The molecule has 28 heavy (non-hydrogen) atoms. The number of ether oxygens (including phenoxy) is 2. The van der Waals surface area contributed by atoms with Gasteiger partial charge in [0.05, 0.1) is 5.69 Å². The van der Waals surface area contributed by atoms with Crippen LogP contribution in [0.2, 0.25) is 0 Å². The Morgan fingerprint density at radius 1 is 1.04 bits per heavy atom. The zero-order valence-electron chi connectivity index (χ0n) is 15.6. The van der Waals surface area contributed by atoms with E-state index in [0.29, 0.717) is 17.2 Å². The molecule has 0 unspecified atom stereocenters. The highest BCUT2D eigenvalue weighted by Crippen LogP contribution is 2.46. The first kappa shape index (κ1) is 18.5. The molecule has 4 rings (SSSR count). The summed E-state index contributed by atoms with van der Waals surface area (Å²) >= 11 is 0. The van der Waals surface area contributed by atoms with Crippen LogP contribution >= 0.6 is 0 Å². The molecule has 1 heterocycles. The van der Waals surface area contributed by atoms with Crippen molar-refractivity contribution in [1.82, 2.24) is 0 Å². The van der Waals surface area contributed by atoms with Crippen molar-refractivity contribution in [2.24, 2.45) is 0 Å². The van der Waals surface area contributed by atoms with Gasteiger partial charge in [-0.25, -0.2) is 8.78 Å². The summed E-state index contributed by atoms with van der Waals surface area (Å²) < 4.78 is 38.8. The molecule has 1 fully saturated rings. The van der Waals surface area contributed by atoms with Gasteiger partial charge in [-0.05, 0) is 44.0 Å². The van der Waals surface area contributed by atoms with Crippen molar-refractivity contribution in [3.63, 3.8) is 0 Å². The average Bonchev–Trinajstić information content (AvgIpc) is 3.01. The second kappa shape index (κ2) is 7.30. The molecule has 2 aromatic rings. The van der Waals surface area contributed by atoms with Crippen LogP contribution in [-0.2, 0) is 4.79 Å². The molecule has 2 N–H and O–H groups in total. The van der Waals surface area contributed by atoms with E-state index in [-0.39, 0.29) is 5.69 Å². The van der Waals surface area contributed by atoms with Gasteiger partial charge in [0.15, 0.2) is 11.5 Å². The van der Waals surface area contributed by atoms with Crippen molar-refractivity contribution < 1.29 is 23.0 Å². The van der Waals surface area contributed by atoms with Crippen LogP contribution in [0.25, 0.3) is 0 Å². The van der Waals surface area contributed by atoms with E-state index in [0.717, 1.165) is 37.8 Å². The Balaban J connectivity index is 1.41. The number of nitrogens with one attached hydrogen (secondary N) is 2. The predicted molar refractivity (Wildman–Crippen MR) is 102 cm³/mol. The van der Waals surface area contributed by atoms with Gasteiger partial charge in [-0.3, -0.25) is 4.79 Å². The summed E-state index contributed by atoms with van der Waals surface area (Å²) in [5, 5.41) is 5.53. The second-order valence-corrected chi connectivity index (χ2v) is 7.32. The zero-order valence-corrected chi connectivity index (χ0v) is 15.6. The molecule has 7 heteroatoms. The number of carbonyl (C=O) groups excluding carboxylic acids is 1. The summed E-state index contributed by atoms with van der Waals surface area (Å²) in [6, 6.07) is 7.81.